The Labute approximate surface area is 202 Å². The number of benzene rings is 1. The number of anilines is 1. The highest BCUT2D eigenvalue weighted by Gasteiger charge is 2.25. The number of para-hydroxylation sites is 2. The minimum atomic E-state index is 0. The van der Waals surface area contributed by atoms with Crippen LogP contribution in [0, 0.1) is 0 Å². The monoisotopic (exact) mass is 539 g/mol. The molecule has 0 radical (unpaired) electrons. The van der Waals surface area contributed by atoms with Crippen LogP contribution in [0.25, 0.3) is 0 Å². The standard InChI is InChI=1S/C23H33N5O2.HI/c1-4-14-30-22-11-10-18(15-25-22)16-26-23(24-5-2)27-19-12-13-28(17-19)20-8-6-7-9-21(20)29-3;/h6-11,15,19H,4-5,12-14,16-17H2,1-3H3,(H2,24,26,27);1H. The first-order valence-electron chi connectivity index (χ1n) is 10.7. The van der Waals surface area contributed by atoms with Crippen LogP contribution in [-0.2, 0) is 6.54 Å². The maximum atomic E-state index is 5.54. The predicted molar refractivity (Wildman–Crippen MR) is 137 cm³/mol. The summed E-state index contributed by atoms with van der Waals surface area (Å²) in [6.45, 7) is 8.13. The molecule has 1 aromatic heterocycles. The molecule has 0 aliphatic carbocycles. The molecule has 1 aliphatic rings. The van der Waals surface area contributed by atoms with Crippen LogP contribution in [0.4, 0.5) is 5.69 Å². The molecule has 0 saturated carbocycles. The molecule has 3 rings (SSSR count). The third kappa shape index (κ3) is 7.45. The van der Waals surface area contributed by atoms with Gasteiger partial charge in [-0.15, -0.1) is 24.0 Å². The van der Waals surface area contributed by atoms with Crippen molar-refractivity contribution in [3.8, 4) is 11.6 Å². The van der Waals surface area contributed by atoms with Gasteiger partial charge in [0, 0.05) is 37.9 Å². The molecule has 1 unspecified atom stereocenters. The van der Waals surface area contributed by atoms with E-state index < -0.39 is 0 Å². The lowest BCUT2D eigenvalue weighted by atomic mass is 10.2. The van der Waals surface area contributed by atoms with Crippen molar-refractivity contribution in [1.29, 1.82) is 0 Å². The van der Waals surface area contributed by atoms with E-state index in [2.05, 4.69) is 46.5 Å². The summed E-state index contributed by atoms with van der Waals surface area (Å²) in [6, 6.07) is 12.4. The number of ether oxygens (including phenoxy) is 2. The van der Waals surface area contributed by atoms with Crippen LogP contribution >= 0.6 is 24.0 Å². The molecular weight excluding hydrogens is 505 g/mol. The third-order valence-electron chi connectivity index (χ3n) is 4.97. The molecule has 1 atom stereocenters. The van der Waals surface area contributed by atoms with Crippen LogP contribution in [0.3, 0.4) is 0 Å². The highest BCUT2D eigenvalue weighted by atomic mass is 127. The number of guanidine groups is 1. The Morgan fingerprint density at radius 1 is 1.23 bits per heavy atom. The van der Waals surface area contributed by atoms with Crippen LogP contribution in [0.15, 0.2) is 47.6 Å². The molecule has 7 nitrogen and oxygen atoms in total. The average Bonchev–Trinajstić information content (AvgIpc) is 3.25. The first-order chi connectivity index (χ1) is 14.7. The zero-order valence-corrected chi connectivity index (χ0v) is 21.0. The van der Waals surface area contributed by atoms with E-state index in [0.29, 0.717) is 25.1 Å². The number of aromatic nitrogens is 1. The minimum absolute atomic E-state index is 0. The SMILES string of the molecule is CCCOc1ccc(CN=C(NCC)NC2CCN(c3ccccc3OC)C2)cn1.I. The normalized spacial score (nSPS) is 15.9. The fraction of sp³-hybridized carbons (Fsp3) is 0.478. The Morgan fingerprint density at radius 3 is 2.77 bits per heavy atom. The van der Waals surface area contributed by atoms with Crippen LogP contribution < -0.4 is 25.0 Å². The lowest BCUT2D eigenvalue weighted by Crippen LogP contribution is -2.44. The zero-order chi connectivity index (χ0) is 21.2. The van der Waals surface area contributed by atoms with Crippen LogP contribution in [-0.4, -0.2) is 50.3 Å². The average molecular weight is 539 g/mol. The molecule has 0 spiro atoms. The molecule has 1 saturated heterocycles. The van der Waals surface area contributed by atoms with Gasteiger partial charge in [0.1, 0.15) is 5.75 Å². The van der Waals surface area contributed by atoms with E-state index in [-0.39, 0.29) is 24.0 Å². The van der Waals surface area contributed by atoms with Crippen molar-refractivity contribution in [3.05, 3.63) is 48.2 Å². The van der Waals surface area contributed by atoms with Gasteiger partial charge in [0.05, 0.1) is 25.9 Å². The van der Waals surface area contributed by atoms with E-state index in [1.807, 2.05) is 30.5 Å². The highest BCUT2D eigenvalue weighted by molar-refractivity contribution is 14.0. The predicted octanol–water partition coefficient (Wildman–Crippen LogP) is 3.83. The van der Waals surface area contributed by atoms with Gasteiger partial charge in [-0.2, -0.15) is 0 Å². The highest BCUT2D eigenvalue weighted by Crippen LogP contribution is 2.30. The maximum Gasteiger partial charge on any atom is 0.213 e. The molecule has 2 heterocycles. The molecule has 170 valence electrons. The molecule has 31 heavy (non-hydrogen) atoms. The number of rotatable bonds is 9. The summed E-state index contributed by atoms with van der Waals surface area (Å²) < 4.78 is 11.1. The fourth-order valence-corrected chi connectivity index (χ4v) is 3.47. The molecule has 8 heteroatoms. The summed E-state index contributed by atoms with van der Waals surface area (Å²) in [7, 11) is 1.72. The summed E-state index contributed by atoms with van der Waals surface area (Å²) in [5.74, 6) is 2.41. The minimum Gasteiger partial charge on any atom is -0.495 e. The third-order valence-corrected chi connectivity index (χ3v) is 4.97. The first kappa shape index (κ1) is 25.0. The van der Waals surface area contributed by atoms with Gasteiger partial charge in [0.2, 0.25) is 5.88 Å². The molecule has 0 amide bonds. The summed E-state index contributed by atoms with van der Waals surface area (Å²) in [4.78, 5) is 11.5. The van der Waals surface area contributed by atoms with E-state index in [9.17, 15) is 0 Å². The van der Waals surface area contributed by atoms with E-state index >= 15 is 0 Å². The second kappa shape index (κ2) is 13.2. The van der Waals surface area contributed by atoms with E-state index in [1.54, 1.807) is 7.11 Å². The lowest BCUT2D eigenvalue weighted by molar-refractivity contribution is 0.305. The molecule has 2 aromatic rings. The number of nitrogens with one attached hydrogen (secondary N) is 2. The van der Waals surface area contributed by atoms with Crippen molar-refractivity contribution in [2.75, 3.05) is 38.3 Å². The maximum absolute atomic E-state index is 5.54. The van der Waals surface area contributed by atoms with Gasteiger partial charge < -0.3 is 25.0 Å². The number of halogens is 1. The quantitative estimate of drug-likeness (QED) is 0.287. The van der Waals surface area contributed by atoms with Crippen molar-refractivity contribution in [1.82, 2.24) is 15.6 Å². The molecule has 1 aromatic carbocycles. The smallest absolute Gasteiger partial charge is 0.213 e. The Kier molecular flexibility index (Phi) is 10.7. The number of methoxy groups -OCH3 is 1. The zero-order valence-electron chi connectivity index (χ0n) is 18.6. The number of hydrogen-bond donors (Lipinski definition) is 2. The van der Waals surface area contributed by atoms with E-state index in [1.165, 1.54) is 0 Å². The van der Waals surface area contributed by atoms with Gasteiger partial charge in [0.25, 0.3) is 0 Å². The number of nitrogens with zero attached hydrogens (tertiary/aromatic N) is 3. The Morgan fingerprint density at radius 2 is 2.06 bits per heavy atom. The van der Waals surface area contributed by atoms with E-state index in [4.69, 9.17) is 14.5 Å². The van der Waals surface area contributed by atoms with E-state index in [0.717, 1.165) is 55.4 Å². The first-order valence-corrected chi connectivity index (χ1v) is 10.7. The van der Waals surface area contributed by atoms with Gasteiger partial charge in [-0.1, -0.05) is 25.1 Å². The summed E-state index contributed by atoms with van der Waals surface area (Å²) >= 11 is 0. The molecule has 1 aliphatic heterocycles. The number of pyridine rings is 1. The van der Waals surface area contributed by atoms with Crippen molar-refractivity contribution in [2.24, 2.45) is 4.99 Å². The Hall–Kier alpha value is -2.23. The van der Waals surface area contributed by atoms with Gasteiger partial charge in [-0.25, -0.2) is 9.98 Å². The lowest BCUT2D eigenvalue weighted by Gasteiger charge is -2.22. The van der Waals surface area contributed by atoms with Gasteiger partial charge in [-0.05, 0) is 37.5 Å². The van der Waals surface area contributed by atoms with Crippen LogP contribution in [0.2, 0.25) is 0 Å². The van der Waals surface area contributed by atoms with Crippen LogP contribution in [0.5, 0.6) is 11.6 Å². The largest absolute Gasteiger partial charge is 0.495 e. The number of hydrogen-bond acceptors (Lipinski definition) is 5. The van der Waals surface area contributed by atoms with Crippen molar-refractivity contribution in [3.63, 3.8) is 0 Å². The second-order valence-corrected chi connectivity index (χ2v) is 7.30. The Bertz CT molecular complexity index is 816. The van der Waals surface area contributed by atoms with Gasteiger partial charge in [-0.3, -0.25) is 0 Å². The van der Waals surface area contributed by atoms with Gasteiger partial charge in [0.15, 0.2) is 5.96 Å². The summed E-state index contributed by atoms with van der Waals surface area (Å²) in [6.07, 6.45) is 3.85. The van der Waals surface area contributed by atoms with Crippen molar-refractivity contribution >= 4 is 35.6 Å². The van der Waals surface area contributed by atoms with Crippen molar-refractivity contribution < 1.29 is 9.47 Å². The molecule has 0 bridgehead atoms. The molecular formula is C23H34IN5O2. The summed E-state index contributed by atoms with van der Waals surface area (Å²) in [5.41, 5.74) is 2.20. The topological polar surface area (TPSA) is 71.0 Å². The molecule has 1 fully saturated rings. The molecule has 2 N–H and O–H groups in total. The summed E-state index contributed by atoms with van der Waals surface area (Å²) in [5, 5.41) is 6.92. The van der Waals surface area contributed by atoms with Crippen molar-refractivity contribution in [2.45, 2.75) is 39.3 Å². The van der Waals surface area contributed by atoms with Gasteiger partial charge >= 0.3 is 0 Å². The second-order valence-electron chi connectivity index (χ2n) is 7.30. The Balaban J connectivity index is 0.00000341. The van der Waals surface area contributed by atoms with Crippen LogP contribution in [0.1, 0.15) is 32.3 Å². The number of aliphatic imine (C=N–C) groups is 1. The fourth-order valence-electron chi connectivity index (χ4n) is 3.47.